The number of carbonyl (C=O) groups excluding carboxylic acids is 2. The van der Waals surface area contributed by atoms with Crippen LogP contribution in [0.2, 0.25) is 0 Å². The van der Waals surface area contributed by atoms with Gasteiger partial charge in [-0.3, -0.25) is 9.59 Å². The molecule has 0 saturated heterocycles. The summed E-state index contributed by atoms with van der Waals surface area (Å²) in [5, 5.41) is 8.81. The summed E-state index contributed by atoms with van der Waals surface area (Å²) in [6.07, 6.45) is 0.871. The minimum absolute atomic E-state index is 0.117. The van der Waals surface area contributed by atoms with E-state index in [9.17, 15) is 9.59 Å². The molecule has 3 N–H and O–H groups in total. The molecular weight excluding hydrogens is 390 g/mol. The summed E-state index contributed by atoms with van der Waals surface area (Å²) in [7, 11) is 0. The third kappa shape index (κ3) is 6.89. The van der Waals surface area contributed by atoms with E-state index in [4.69, 9.17) is 4.74 Å². The van der Waals surface area contributed by atoms with E-state index in [-0.39, 0.29) is 24.4 Å². The lowest BCUT2D eigenvalue weighted by atomic mass is 10.1. The van der Waals surface area contributed by atoms with Gasteiger partial charge in [0.1, 0.15) is 11.5 Å². The Labute approximate surface area is 182 Å². The van der Waals surface area contributed by atoms with Gasteiger partial charge in [-0.15, -0.1) is 0 Å². The number of hydrogen-bond donors (Lipinski definition) is 3. The van der Waals surface area contributed by atoms with Gasteiger partial charge in [0.2, 0.25) is 5.91 Å². The Hall–Kier alpha value is -3.80. The molecule has 0 saturated carbocycles. The molecule has 0 heterocycles. The molecule has 3 rings (SSSR count). The molecule has 2 amide bonds. The van der Waals surface area contributed by atoms with Gasteiger partial charge >= 0.3 is 0 Å². The number of benzene rings is 3. The molecule has 0 radical (unpaired) electrons. The first kappa shape index (κ1) is 21.9. The average molecular weight is 418 g/mol. The Balaban J connectivity index is 1.46. The number of rotatable bonds is 9. The van der Waals surface area contributed by atoms with Gasteiger partial charge in [0.25, 0.3) is 5.91 Å². The Kier molecular flexibility index (Phi) is 7.65. The van der Waals surface area contributed by atoms with E-state index in [2.05, 4.69) is 16.0 Å². The maximum atomic E-state index is 12.2. The zero-order valence-corrected chi connectivity index (χ0v) is 17.7. The highest BCUT2D eigenvalue weighted by Gasteiger charge is 2.09. The van der Waals surface area contributed by atoms with Crippen LogP contribution in [0, 0.1) is 0 Å². The second-order valence-electron chi connectivity index (χ2n) is 7.20. The molecule has 1 unspecified atom stereocenters. The zero-order valence-electron chi connectivity index (χ0n) is 17.7. The predicted molar refractivity (Wildman–Crippen MR) is 124 cm³/mol. The summed E-state index contributed by atoms with van der Waals surface area (Å²) in [5.74, 6) is 1.19. The monoisotopic (exact) mass is 417 g/mol. The molecule has 3 aromatic rings. The van der Waals surface area contributed by atoms with Crippen LogP contribution in [0.4, 0.5) is 11.4 Å². The molecule has 0 aromatic heterocycles. The topological polar surface area (TPSA) is 79.5 Å². The van der Waals surface area contributed by atoms with E-state index in [1.807, 2.05) is 68.4 Å². The van der Waals surface area contributed by atoms with Gasteiger partial charge in [0.15, 0.2) is 0 Å². The predicted octanol–water partition coefficient (Wildman–Crippen LogP) is 5.06. The summed E-state index contributed by atoms with van der Waals surface area (Å²) in [4.78, 5) is 24.3. The van der Waals surface area contributed by atoms with Crippen molar-refractivity contribution in [3.05, 3.63) is 84.4 Å². The summed E-state index contributed by atoms with van der Waals surface area (Å²) in [6, 6.07) is 23.9. The van der Waals surface area contributed by atoms with E-state index in [0.717, 1.165) is 23.6 Å². The second-order valence-corrected chi connectivity index (χ2v) is 7.20. The first-order valence-corrected chi connectivity index (χ1v) is 10.3. The van der Waals surface area contributed by atoms with E-state index < -0.39 is 0 Å². The smallest absolute Gasteiger partial charge is 0.251 e. The average Bonchev–Trinajstić information content (AvgIpc) is 2.79. The maximum absolute atomic E-state index is 12.2. The number of amides is 2. The molecule has 0 bridgehead atoms. The van der Waals surface area contributed by atoms with Crippen molar-refractivity contribution in [2.75, 3.05) is 17.2 Å². The van der Waals surface area contributed by atoms with Crippen LogP contribution >= 0.6 is 0 Å². The van der Waals surface area contributed by atoms with Crippen molar-refractivity contribution in [2.45, 2.75) is 26.3 Å². The molecule has 6 heteroatoms. The van der Waals surface area contributed by atoms with Gasteiger partial charge in [-0.1, -0.05) is 25.1 Å². The fourth-order valence-electron chi connectivity index (χ4n) is 2.77. The van der Waals surface area contributed by atoms with Crippen molar-refractivity contribution in [3.8, 4) is 11.5 Å². The third-order valence-corrected chi connectivity index (χ3v) is 4.71. The normalized spacial score (nSPS) is 11.3. The van der Waals surface area contributed by atoms with Crippen LogP contribution in [-0.4, -0.2) is 24.4 Å². The Morgan fingerprint density at radius 2 is 1.45 bits per heavy atom. The molecule has 0 aliphatic carbocycles. The number of anilines is 2. The van der Waals surface area contributed by atoms with Gasteiger partial charge in [0.05, 0.1) is 6.54 Å². The standard InChI is InChI=1S/C25H27N3O3/c1-3-18(2)27-25(30)19-9-11-21(12-10-19)28-24(29)17-26-20-13-15-23(16-14-20)31-22-7-5-4-6-8-22/h4-16,18,26H,3,17H2,1-2H3,(H,27,30)(H,28,29). The van der Waals surface area contributed by atoms with E-state index in [0.29, 0.717) is 11.3 Å². The van der Waals surface area contributed by atoms with Crippen LogP contribution in [0.5, 0.6) is 11.5 Å². The highest BCUT2D eigenvalue weighted by Crippen LogP contribution is 2.22. The third-order valence-electron chi connectivity index (χ3n) is 4.71. The van der Waals surface area contributed by atoms with Crippen LogP contribution in [0.15, 0.2) is 78.9 Å². The largest absolute Gasteiger partial charge is 0.457 e. The van der Waals surface area contributed by atoms with Crippen molar-refractivity contribution in [2.24, 2.45) is 0 Å². The second kappa shape index (κ2) is 10.8. The van der Waals surface area contributed by atoms with Gasteiger partial charge in [-0.05, 0) is 74.0 Å². The summed E-state index contributed by atoms with van der Waals surface area (Å²) >= 11 is 0. The Morgan fingerprint density at radius 1 is 0.839 bits per heavy atom. The first-order chi connectivity index (χ1) is 15.0. The minimum atomic E-state index is -0.179. The van der Waals surface area contributed by atoms with Crippen molar-refractivity contribution >= 4 is 23.2 Å². The molecule has 6 nitrogen and oxygen atoms in total. The van der Waals surface area contributed by atoms with Gasteiger partial charge < -0.3 is 20.7 Å². The lowest BCUT2D eigenvalue weighted by Gasteiger charge is -2.12. The summed E-state index contributed by atoms with van der Waals surface area (Å²) in [6.45, 7) is 4.10. The van der Waals surface area contributed by atoms with Crippen LogP contribution in [0.25, 0.3) is 0 Å². The number of hydrogen-bond acceptors (Lipinski definition) is 4. The Bertz CT molecular complexity index is 987. The van der Waals surface area contributed by atoms with Crippen molar-refractivity contribution in [1.82, 2.24) is 5.32 Å². The van der Waals surface area contributed by atoms with E-state index >= 15 is 0 Å². The van der Waals surface area contributed by atoms with E-state index in [1.54, 1.807) is 24.3 Å². The molecule has 0 aliphatic rings. The number of nitrogens with one attached hydrogen (secondary N) is 3. The van der Waals surface area contributed by atoms with Gasteiger partial charge in [0, 0.05) is 23.0 Å². The van der Waals surface area contributed by atoms with Crippen molar-refractivity contribution in [3.63, 3.8) is 0 Å². The molecule has 31 heavy (non-hydrogen) atoms. The highest BCUT2D eigenvalue weighted by molar-refractivity contribution is 5.96. The fourth-order valence-corrected chi connectivity index (χ4v) is 2.77. The number of carbonyl (C=O) groups is 2. The molecule has 1 atom stereocenters. The number of ether oxygens (including phenoxy) is 1. The summed E-state index contributed by atoms with van der Waals surface area (Å²) in [5.41, 5.74) is 2.01. The number of para-hydroxylation sites is 1. The van der Waals surface area contributed by atoms with Gasteiger partial charge in [-0.2, -0.15) is 0 Å². The lowest BCUT2D eigenvalue weighted by molar-refractivity contribution is -0.114. The zero-order chi connectivity index (χ0) is 22.1. The molecule has 0 fully saturated rings. The van der Waals surface area contributed by atoms with Gasteiger partial charge in [-0.25, -0.2) is 0 Å². The summed E-state index contributed by atoms with van der Waals surface area (Å²) < 4.78 is 5.76. The van der Waals surface area contributed by atoms with Crippen LogP contribution < -0.4 is 20.7 Å². The minimum Gasteiger partial charge on any atom is -0.457 e. The SMILES string of the molecule is CCC(C)NC(=O)c1ccc(NC(=O)CNc2ccc(Oc3ccccc3)cc2)cc1. The Morgan fingerprint density at radius 3 is 2.10 bits per heavy atom. The van der Waals surface area contributed by atoms with Crippen LogP contribution in [-0.2, 0) is 4.79 Å². The van der Waals surface area contributed by atoms with Crippen molar-refractivity contribution in [1.29, 1.82) is 0 Å². The van der Waals surface area contributed by atoms with E-state index in [1.165, 1.54) is 0 Å². The lowest BCUT2D eigenvalue weighted by Crippen LogP contribution is -2.31. The molecular formula is C25H27N3O3. The molecule has 0 spiro atoms. The van der Waals surface area contributed by atoms with Crippen LogP contribution in [0.1, 0.15) is 30.6 Å². The molecule has 3 aromatic carbocycles. The first-order valence-electron chi connectivity index (χ1n) is 10.3. The molecule has 0 aliphatic heterocycles. The quantitative estimate of drug-likeness (QED) is 0.455. The maximum Gasteiger partial charge on any atom is 0.251 e. The molecule has 160 valence electrons. The fraction of sp³-hybridized carbons (Fsp3) is 0.200. The highest BCUT2D eigenvalue weighted by atomic mass is 16.5. The van der Waals surface area contributed by atoms with Crippen LogP contribution in [0.3, 0.4) is 0 Å². The van der Waals surface area contributed by atoms with Crippen molar-refractivity contribution < 1.29 is 14.3 Å².